The summed E-state index contributed by atoms with van der Waals surface area (Å²) in [5, 5.41) is 0. The summed E-state index contributed by atoms with van der Waals surface area (Å²) < 4.78 is 27.0. The number of halogens is 1. The number of sulfonamides is 1. The molecule has 5 nitrogen and oxygen atoms in total. The average molecular weight is 308 g/mol. The van der Waals surface area contributed by atoms with Gasteiger partial charge in [0.1, 0.15) is 4.90 Å². The minimum absolute atomic E-state index is 0.114. The molecule has 0 amide bonds. The molecule has 0 unspecified atom stereocenters. The Morgan fingerprint density at radius 3 is 2.62 bits per heavy atom. The van der Waals surface area contributed by atoms with Gasteiger partial charge in [-0.3, -0.25) is 4.98 Å². The van der Waals surface area contributed by atoms with Crippen molar-refractivity contribution in [3.8, 4) is 0 Å². The summed E-state index contributed by atoms with van der Waals surface area (Å²) in [5.41, 5.74) is 4.79. The van der Waals surface area contributed by atoms with E-state index in [1.165, 1.54) is 18.5 Å². The number of nitrogens with zero attached hydrogens (tertiary/aromatic N) is 1. The molecule has 16 heavy (non-hydrogen) atoms. The first kappa shape index (κ1) is 13.6. The van der Waals surface area contributed by atoms with Crippen LogP contribution in [0, 0.1) is 0 Å². The smallest absolute Gasteiger partial charge is 0.242 e. The largest absolute Gasteiger partial charge is 0.329 e. The van der Waals surface area contributed by atoms with Crippen molar-refractivity contribution in [2.75, 3.05) is 6.54 Å². The van der Waals surface area contributed by atoms with Gasteiger partial charge in [0.2, 0.25) is 10.0 Å². The van der Waals surface area contributed by atoms with Gasteiger partial charge in [-0.1, -0.05) is 0 Å². The summed E-state index contributed by atoms with van der Waals surface area (Å²) in [7, 11) is -3.58. The highest BCUT2D eigenvalue weighted by Crippen LogP contribution is 2.16. The predicted molar refractivity (Wildman–Crippen MR) is 65.4 cm³/mol. The monoisotopic (exact) mass is 307 g/mol. The lowest BCUT2D eigenvalue weighted by atomic mass is 10.1. The molecule has 0 atom stereocenters. The van der Waals surface area contributed by atoms with E-state index in [0.717, 1.165) is 0 Å². The highest BCUT2D eigenvalue weighted by molar-refractivity contribution is 9.10. The fourth-order valence-corrected chi connectivity index (χ4v) is 2.93. The highest BCUT2D eigenvalue weighted by Gasteiger charge is 2.25. The molecule has 90 valence electrons. The maximum Gasteiger partial charge on any atom is 0.242 e. The Morgan fingerprint density at radius 2 is 2.12 bits per heavy atom. The second-order valence-electron chi connectivity index (χ2n) is 4.03. The van der Waals surface area contributed by atoms with E-state index in [2.05, 4.69) is 25.6 Å². The van der Waals surface area contributed by atoms with Crippen LogP contribution in [-0.2, 0) is 10.0 Å². The van der Waals surface area contributed by atoms with Gasteiger partial charge in [0.05, 0.1) is 0 Å². The van der Waals surface area contributed by atoms with Gasteiger partial charge in [0.15, 0.2) is 0 Å². The molecule has 1 heterocycles. The van der Waals surface area contributed by atoms with Gasteiger partial charge < -0.3 is 5.73 Å². The van der Waals surface area contributed by atoms with Crippen LogP contribution in [0.1, 0.15) is 13.8 Å². The first-order valence-corrected chi connectivity index (χ1v) is 6.89. The molecule has 0 aliphatic heterocycles. The predicted octanol–water partition coefficient (Wildman–Crippen LogP) is 0.860. The molecule has 0 saturated heterocycles. The standard InChI is InChI=1S/C9H14BrN3O2S/c1-9(2,6-11)13-16(14,15)8-3-7(10)4-12-5-8/h3-5,13H,6,11H2,1-2H3. The van der Waals surface area contributed by atoms with Crippen molar-refractivity contribution < 1.29 is 8.42 Å². The van der Waals surface area contributed by atoms with Crippen molar-refractivity contribution in [1.82, 2.24) is 9.71 Å². The minimum atomic E-state index is -3.58. The SMILES string of the molecule is CC(C)(CN)NS(=O)(=O)c1cncc(Br)c1. The summed E-state index contributed by atoms with van der Waals surface area (Å²) in [5.74, 6) is 0. The number of nitrogens with two attached hydrogens (primary N) is 1. The molecular formula is C9H14BrN3O2S. The third kappa shape index (κ3) is 3.51. The molecule has 0 saturated carbocycles. The van der Waals surface area contributed by atoms with E-state index in [0.29, 0.717) is 4.47 Å². The molecule has 0 fully saturated rings. The van der Waals surface area contributed by atoms with Crippen molar-refractivity contribution in [3.05, 3.63) is 22.9 Å². The molecule has 0 aromatic carbocycles. The quantitative estimate of drug-likeness (QED) is 0.864. The Hall–Kier alpha value is -0.500. The lowest BCUT2D eigenvalue weighted by molar-refractivity contribution is 0.462. The summed E-state index contributed by atoms with van der Waals surface area (Å²) in [6.45, 7) is 3.65. The number of pyridine rings is 1. The Morgan fingerprint density at radius 1 is 1.50 bits per heavy atom. The van der Waals surface area contributed by atoms with Crippen LogP contribution >= 0.6 is 15.9 Å². The molecule has 0 aliphatic carbocycles. The topological polar surface area (TPSA) is 85.1 Å². The lowest BCUT2D eigenvalue weighted by Gasteiger charge is -2.23. The lowest BCUT2D eigenvalue weighted by Crippen LogP contribution is -2.48. The van der Waals surface area contributed by atoms with E-state index in [9.17, 15) is 8.42 Å². The number of nitrogens with one attached hydrogen (secondary N) is 1. The fourth-order valence-electron chi connectivity index (χ4n) is 1.00. The van der Waals surface area contributed by atoms with E-state index in [1.54, 1.807) is 13.8 Å². The van der Waals surface area contributed by atoms with Gasteiger partial charge in [0, 0.05) is 29.0 Å². The highest BCUT2D eigenvalue weighted by atomic mass is 79.9. The Labute approximate surface area is 104 Å². The molecule has 3 N–H and O–H groups in total. The van der Waals surface area contributed by atoms with Gasteiger partial charge in [-0.2, -0.15) is 0 Å². The van der Waals surface area contributed by atoms with Gasteiger partial charge in [-0.15, -0.1) is 0 Å². The number of hydrogen-bond acceptors (Lipinski definition) is 4. The van der Waals surface area contributed by atoms with Crippen LogP contribution in [0.3, 0.4) is 0 Å². The normalized spacial score (nSPS) is 12.8. The Kier molecular flexibility index (Phi) is 4.06. The van der Waals surface area contributed by atoms with Crippen LogP contribution in [-0.4, -0.2) is 25.5 Å². The number of rotatable bonds is 4. The second-order valence-corrected chi connectivity index (χ2v) is 6.63. The third-order valence-electron chi connectivity index (χ3n) is 1.91. The molecule has 0 bridgehead atoms. The maximum atomic E-state index is 11.9. The van der Waals surface area contributed by atoms with Crippen molar-refractivity contribution >= 4 is 26.0 Å². The maximum absolute atomic E-state index is 11.9. The molecular weight excluding hydrogens is 294 g/mol. The van der Waals surface area contributed by atoms with Crippen LogP contribution in [0.4, 0.5) is 0 Å². The van der Waals surface area contributed by atoms with E-state index < -0.39 is 15.6 Å². The Balaban J connectivity index is 3.04. The van der Waals surface area contributed by atoms with E-state index in [-0.39, 0.29) is 11.4 Å². The number of aromatic nitrogens is 1. The zero-order chi connectivity index (χ0) is 12.4. The van der Waals surface area contributed by atoms with Gasteiger partial charge in [-0.05, 0) is 35.8 Å². The van der Waals surface area contributed by atoms with E-state index in [1.807, 2.05) is 0 Å². The van der Waals surface area contributed by atoms with Gasteiger partial charge in [0.25, 0.3) is 0 Å². The molecule has 1 aromatic heterocycles. The molecule has 0 aliphatic rings. The van der Waals surface area contributed by atoms with E-state index in [4.69, 9.17) is 5.73 Å². The van der Waals surface area contributed by atoms with Crippen molar-refractivity contribution in [2.24, 2.45) is 5.73 Å². The zero-order valence-electron chi connectivity index (χ0n) is 9.07. The van der Waals surface area contributed by atoms with Crippen LogP contribution < -0.4 is 10.5 Å². The molecule has 0 spiro atoms. The fraction of sp³-hybridized carbons (Fsp3) is 0.444. The summed E-state index contributed by atoms with van der Waals surface area (Å²) in [6, 6.07) is 1.49. The second kappa shape index (κ2) is 4.79. The molecule has 0 radical (unpaired) electrons. The first-order valence-electron chi connectivity index (χ1n) is 4.61. The van der Waals surface area contributed by atoms with Gasteiger partial charge >= 0.3 is 0 Å². The van der Waals surface area contributed by atoms with E-state index >= 15 is 0 Å². The molecule has 7 heteroatoms. The van der Waals surface area contributed by atoms with Gasteiger partial charge in [-0.25, -0.2) is 13.1 Å². The first-order chi connectivity index (χ1) is 7.27. The minimum Gasteiger partial charge on any atom is -0.329 e. The van der Waals surface area contributed by atoms with Crippen LogP contribution in [0.2, 0.25) is 0 Å². The summed E-state index contributed by atoms with van der Waals surface area (Å²) >= 11 is 3.17. The summed E-state index contributed by atoms with van der Waals surface area (Å²) in [4.78, 5) is 3.92. The third-order valence-corrected chi connectivity index (χ3v) is 4.01. The van der Waals surface area contributed by atoms with Crippen LogP contribution in [0.15, 0.2) is 27.8 Å². The van der Waals surface area contributed by atoms with Crippen LogP contribution in [0.5, 0.6) is 0 Å². The Bertz CT molecular complexity index is 473. The van der Waals surface area contributed by atoms with Crippen molar-refractivity contribution in [1.29, 1.82) is 0 Å². The summed E-state index contributed by atoms with van der Waals surface area (Å²) in [6.07, 6.45) is 2.81. The zero-order valence-corrected chi connectivity index (χ0v) is 11.5. The van der Waals surface area contributed by atoms with Crippen molar-refractivity contribution in [3.63, 3.8) is 0 Å². The average Bonchev–Trinajstić information content (AvgIpc) is 2.16. The van der Waals surface area contributed by atoms with Crippen LogP contribution in [0.25, 0.3) is 0 Å². The molecule has 1 aromatic rings. The van der Waals surface area contributed by atoms with Crippen molar-refractivity contribution in [2.45, 2.75) is 24.3 Å². The number of hydrogen-bond donors (Lipinski definition) is 2. The molecule has 1 rings (SSSR count).